The van der Waals surface area contributed by atoms with Crippen molar-refractivity contribution in [3.8, 4) is 16.5 Å². The van der Waals surface area contributed by atoms with Crippen molar-refractivity contribution in [2.75, 3.05) is 19.0 Å². The molecule has 0 aliphatic heterocycles. The van der Waals surface area contributed by atoms with Crippen LogP contribution < -0.4 is 10.1 Å². The predicted molar refractivity (Wildman–Crippen MR) is 116 cm³/mol. The van der Waals surface area contributed by atoms with Crippen LogP contribution in [-0.2, 0) is 11.3 Å². The van der Waals surface area contributed by atoms with Gasteiger partial charge in [0.15, 0.2) is 0 Å². The molecule has 2 aromatic heterocycles. The van der Waals surface area contributed by atoms with Crippen LogP contribution in [0.25, 0.3) is 21.6 Å². The zero-order valence-electron chi connectivity index (χ0n) is 16.5. The van der Waals surface area contributed by atoms with Gasteiger partial charge in [-0.15, -0.1) is 11.3 Å². The quantitative estimate of drug-likeness (QED) is 0.403. The van der Waals surface area contributed by atoms with E-state index in [1.807, 2.05) is 30.3 Å². The van der Waals surface area contributed by atoms with Gasteiger partial charge in [0.1, 0.15) is 16.5 Å². The van der Waals surface area contributed by atoms with Gasteiger partial charge in [0, 0.05) is 35.6 Å². The maximum absolute atomic E-state index is 12.6. The van der Waals surface area contributed by atoms with Gasteiger partial charge in [-0.3, -0.25) is 4.79 Å². The third kappa shape index (κ3) is 4.73. The zero-order valence-corrected chi connectivity index (χ0v) is 17.4. The van der Waals surface area contributed by atoms with Crippen molar-refractivity contribution in [1.29, 1.82) is 0 Å². The number of amides is 1. The molecule has 0 spiro atoms. The van der Waals surface area contributed by atoms with Gasteiger partial charge in [-0.25, -0.2) is 4.98 Å². The lowest BCUT2D eigenvalue weighted by atomic mass is 10.2. The van der Waals surface area contributed by atoms with Crippen molar-refractivity contribution in [3.05, 3.63) is 65.7 Å². The fourth-order valence-corrected chi connectivity index (χ4v) is 4.05. The number of thiazole rings is 1. The van der Waals surface area contributed by atoms with E-state index in [1.165, 1.54) is 35.6 Å². The summed E-state index contributed by atoms with van der Waals surface area (Å²) < 4.78 is 36.2. The number of halogens is 2. The monoisotopic (exact) mass is 443 g/mol. The second-order valence-corrected chi connectivity index (χ2v) is 7.49. The Labute approximate surface area is 181 Å². The predicted octanol–water partition coefficient (Wildman–Crippen LogP) is 5.26. The Morgan fingerprint density at radius 1 is 1.19 bits per heavy atom. The van der Waals surface area contributed by atoms with Crippen LogP contribution >= 0.6 is 11.3 Å². The molecule has 1 N–H and O–H groups in total. The molecule has 2 heterocycles. The van der Waals surface area contributed by atoms with Gasteiger partial charge < -0.3 is 19.4 Å². The fraction of sp³-hybridized carbons (Fsp3) is 0.182. The van der Waals surface area contributed by atoms with Crippen LogP contribution in [-0.4, -0.2) is 35.8 Å². The summed E-state index contributed by atoms with van der Waals surface area (Å²) >= 11 is 1.38. The van der Waals surface area contributed by atoms with E-state index in [0.29, 0.717) is 18.8 Å². The van der Waals surface area contributed by atoms with Gasteiger partial charge in [-0.2, -0.15) is 8.78 Å². The fourth-order valence-electron chi connectivity index (χ4n) is 3.22. The van der Waals surface area contributed by atoms with Crippen LogP contribution in [0, 0.1) is 0 Å². The molecule has 0 fully saturated rings. The molecule has 1 amide bonds. The Morgan fingerprint density at radius 2 is 1.97 bits per heavy atom. The first kappa shape index (κ1) is 21.0. The van der Waals surface area contributed by atoms with Gasteiger partial charge in [-0.1, -0.05) is 18.2 Å². The van der Waals surface area contributed by atoms with Crippen LogP contribution in [0.4, 0.5) is 14.5 Å². The summed E-state index contributed by atoms with van der Waals surface area (Å²) in [5.41, 5.74) is 2.71. The van der Waals surface area contributed by atoms with E-state index in [-0.39, 0.29) is 17.4 Å². The number of anilines is 1. The lowest BCUT2D eigenvalue weighted by molar-refractivity contribution is -0.0498. The molecule has 9 heteroatoms. The first-order valence-electron chi connectivity index (χ1n) is 9.44. The number of aromatic nitrogens is 2. The number of carbonyl (C=O) groups excluding carboxylic acids is 1. The Bertz CT molecular complexity index is 1190. The van der Waals surface area contributed by atoms with E-state index in [4.69, 9.17) is 4.74 Å². The molecular weight excluding hydrogens is 424 g/mol. The van der Waals surface area contributed by atoms with Crippen LogP contribution in [0.5, 0.6) is 5.75 Å². The standard InChI is InChI=1S/C22H19F2N3O3S/c1-29-11-10-27-18-5-3-2-4-14(18)12-19(27)21-26-17(13-31-21)20(28)25-15-6-8-16(9-7-15)30-22(23)24/h2-9,12-13,22H,10-11H2,1H3,(H,25,28). The minimum atomic E-state index is -2.90. The highest BCUT2D eigenvalue weighted by atomic mass is 32.1. The average Bonchev–Trinajstić information content (AvgIpc) is 3.38. The molecule has 0 bridgehead atoms. The Morgan fingerprint density at radius 3 is 2.71 bits per heavy atom. The number of rotatable bonds is 8. The van der Waals surface area contributed by atoms with E-state index in [0.717, 1.165) is 21.6 Å². The number of nitrogens with zero attached hydrogens (tertiary/aromatic N) is 2. The van der Waals surface area contributed by atoms with Crippen molar-refractivity contribution in [2.45, 2.75) is 13.2 Å². The van der Waals surface area contributed by atoms with Gasteiger partial charge in [0.05, 0.1) is 12.3 Å². The Balaban J connectivity index is 1.55. The van der Waals surface area contributed by atoms with Gasteiger partial charge >= 0.3 is 6.61 Å². The molecule has 0 radical (unpaired) electrons. The van der Waals surface area contributed by atoms with Crippen LogP contribution in [0.15, 0.2) is 60.0 Å². The van der Waals surface area contributed by atoms with E-state index in [9.17, 15) is 13.6 Å². The zero-order chi connectivity index (χ0) is 21.8. The Kier molecular flexibility index (Phi) is 6.24. The van der Waals surface area contributed by atoms with E-state index < -0.39 is 6.61 Å². The first-order chi connectivity index (χ1) is 15.0. The lowest BCUT2D eigenvalue weighted by Gasteiger charge is -2.08. The molecule has 0 aliphatic carbocycles. The lowest BCUT2D eigenvalue weighted by Crippen LogP contribution is -2.12. The number of carbonyl (C=O) groups is 1. The van der Waals surface area contributed by atoms with Gasteiger partial charge in [0.2, 0.25) is 0 Å². The number of alkyl halides is 2. The van der Waals surface area contributed by atoms with Crippen molar-refractivity contribution in [2.24, 2.45) is 0 Å². The normalized spacial score (nSPS) is 11.2. The average molecular weight is 443 g/mol. The molecule has 0 saturated heterocycles. The SMILES string of the molecule is COCCn1c(-c2nc(C(=O)Nc3ccc(OC(F)F)cc3)cs2)cc2ccccc21. The summed E-state index contributed by atoms with van der Waals surface area (Å²) in [6.07, 6.45) is 0. The molecule has 4 rings (SSSR count). The summed E-state index contributed by atoms with van der Waals surface area (Å²) in [6, 6.07) is 15.8. The molecule has 0 unspecified atom stereocenters. The molecule has 0 aliphatic rings. The summed E-state index contributed by atoms with van der Waals surface area (Å²) in [4.78, 5) is 17.1. The van der Waals surface area contributed by atoms with E-state index in [1.54, 1.807) is 12.5 Å². The largest absolute Gasteiger partial charge is 0.435 e. The summed E-state index contributed by atoms with van der Waals surface area (Å²) in [6.45, 7) is -1.68. The third-order valence-corrected chi connectivity index (χ3v) is 5.49. The summed E-state index contributed by atoms with van der Waals surface area (Å²) in [7, 11) is 1.66. The first-order valence-corrected chi connectivity index (χ1v) is 10.3. The number of hydrogen-bond acceptors (Lipinski definition) is 5. The number of benzene rings is 2. The summed E-state index contributed by atoms with van der Waals surface area (Å²) in [5, 5.41) is 6.21. The minimum absolute atomic E-state index is 0.0211. The molecule has 0 saturated carbocycles. The number of methoxy groups -OCH3 is 1. The van der Waals surface area contributed by atoms with Crippen molar-refractivity contribution in [3.63, 3.8) is 0 Å². The number of hydrogen-bond donors (Lipinski definition) is 1. The van der Waals surface area contributed by atoms with Gasteiger partial charge in [0.25, 0.3) is 5.91 Å². The second-order valence-electron chi connectivity index (χ2n) is 6.63. The van der Waals surface area contributed by atoms with Gasteiger partial charge in [-0.05, 0) is 36.4 Å². The molecule has 2 aromatic carbocycles. The van der Waals surface area contributed by atoms with Crippen LogP contribution in [0.3, 0.4) is 0 Å². The molecule has 6 nitrogen and oxygen atoms in total. The molecule has 0 atom stereocenters. The van der Waals surface area contributed by atoms with E-state index >= 15 is 0 Å². The third-order valence-electron chi connectivity index (χ3n) is 4.62. The molecule has 4 aromatic rings. The number of nitrogens with one attached hydrogen (secondary N) is 1. The van der Waals surface area contributed by atoms with Crippen LogP contribution in [0.1, 0.15) is 10.5 Å². The second kappa shape index (κ2) is 9.23. The molecule has 160 valence electrons. The topological polar surface area (TPSA) is 65.4 Å². The number of para-hydroxylation sites is 1. The van der Waals surface area contributed by atoms with E-state index in [2.05, 4.69) is 19.6 Å². The maximum Gasteiger partial charge on any atom is 0.387 e. The smallest absolute Gasteiger partial charge is 0.387 e. The molecule has 31 heavy (non-hydrogen) atoms. The maximum atomic E-state index is 12.6. The Hall–Kier alpha value is -3.30. The van der Waals surface area contributed by atoms with Crippen LogP contribution in [0.2, 0.25) is 0 Å². The van der Waals surface area contributed by atoms with Crippen molar-refractivity contribution in [1.82, 2.24) is 9.55 Å². The highest BCUT2D eigenvalue weighted by Gasteiger charge is 2.17. The highest BCUT2D eigenvalue weighted by Crippen LogP contribution is 2.31. The highest BCUT2D eigenvalue weighted by molar-refractivity contribution is 7.13. The summed E-state index contributed by atoms with van der Waals surface area (Å²) in [5.74, 6) is -0.364. The van der Waals surface area contributed by atoms with Crippen molar-refractivity contribution < 1.29 is 23.0 Å². The molecular formula is C22H19F2N3O3S. The van der Waals surface area contributed by atoms with Crippen molar-refractivity contribution >= 4 is 33.8 Å². The number of fused-ring (bicyclic) bond motifs is 1. The minimum Gasteiger partial charge on any atom is -0.435 e. The number of ether oxygens (including phenoxy) is 2.